The number of methoxy groups -OCH3 is 1. The summed E-state index contributed by atoms with van der Waals surface area (Å²) in [6.45, 7) is 8.01. The van der Waals surface area contributed by atoms with Crippen LogP contribution in [0.15, 0.2) is 66.0 Å². The number of nitrogens with one attached hydrogen (secondary N) is 1. The summed E-state index contributed by atoms with van der Waals surface area (Å²) in [6.07, 6.45) is 0.856. The lowest BCUT2D eigenvalue weighted by Gasteiger charge is -2.42. The molecule has 34 heavy (non-hydrogen) atoms. The number of rotatable bonds is 5. The van der Waals surface area contributed by atoms with Crippen molar-refractivity contribution in [1.82, 2.24) is 5.32 Å². The summed E-state index contributed by atoms with van der Waals surface area (Å²) >= 11 is 0. The third-order valence-corrected chi connectivity index (χ3v) is 6.35. The molecule has 2 unspecified atom stereocenters. The van der Waals surface area contributed by atoms with E-state index in [1.807, 2.05) is 13.8 Å². The van der Waals surface area contributed by atoms with E-state index in [0.717, 1.165) is 17.7 Å². The molecule has 1 aliphatic carbocycles. The number of carbonyl (C=O) groups excluding carboxylic acids is 2. The zero-order chi connectivity index (χ0) is 24.6. The Balaban J connectivity index is 1.70. The average molecular weight is 468 g/mol. The van der Waals surface area contributed by atoms with Crippen LogP contribution in [-0.2, 0) is 20.9 Å². The molecule has 1 aliphatic heterocycles. The van der Waals surface area contributed by atoms with E-state index in [-0.39, 0.29) is 24.2 Å². The lowest BCUT2D eigenvalue weighted by molar-refractivity contribution is -0.149. The Hall–Kier alpha value is -3.48. The minimum Gasteiger partial charge on any atom is -0.497 e. The van der Waals surface area contributed by atoms with Gasteiger partial charge in [0.05, 0.1) is 7.11 Å². The summed E-state index contributed by atoms with van der Waals surface area (Å²) in [6, 6.07) is 10.5. The van der Waals surface area contributed by atoms with Gasteiger partial charge in [-0.1, -0.05) is 38.6 Å². The van der Waals surface area contributed by atoms with Gasteiger partial charge in [-0.3, -0.25) is 9.59 Å². The van der Waals surface area contributed by atoms with Gasteiger partial charge in [0.1, 0.15) is 18.3 Å². The van der Waals surface area contributed by atoms with Crippen LogP contribution in [0.5, 0.6) is 5.75 Å². The molecule has 0 bridgehead atoms. The summed E-state index contributed by atoms with van der Waals surface area (Å²) in [7, 11) is 1.56. The number of Topliss-reactive ketones (excluding diaryl/α,β-unsaturated/α-hetero) is 1. The highest BCUT2D eigenvalue weighted by Crippen LogP contribution is 2.48. The molecule has 7 heteroatoms. The zero-order valence-corrected chi connectivity index (χ0v) is 19.4. The fraction of sp³-hybridized carbons (Fsp3) is 0.333. The molecule has 0 radical (unpaired) electrons. The molecule has 0 saturated heterocycles. The van der Waals surface area contributed by atoms with Crippen molar-refractivity contribution >= 4 is 11.8 Å². The number of hydrogen-bond acceptors (Lipinski definition) is 5. The van der Waals surface area contributed by atoms with E-state index in [1.165, 1.54) is 6.07 Å². The monoisotopic (exact) mass is 467 g/mol. The van der Waals surface area contributed by atoms with Crippen LogP contribution in [0.2, 0.25) is 0 Å². The van der Waals surface area contributed by atoms with E-state index < -0.39 is 29.4 Å². The molecule has 2 aromatic rings. The Bertz CT molecular complexity index is 1180. The Morgan fingerprint density at radius 3 is 2.47 bits per heavy atom. The first-order chi connectivity index (χ1) is 16.1. The van der Waals surface area contributed by atoms with Crippen LogP contribution in [-0.4, -0.2) is 18.9 Å². The fourth-order valence-electron chi connectivity index (χ4n) is 4.76. The second-order valence-corrected chi connectivity index (χ2v) is 9.57. The van der Waals surface area contributed by atoms with Crippen molar-refractivity contribution in [3.05, 3.63) is 88.8 Å². The van der Waals surface area contributed by atoms with Crippen LogP contribution in [0.4, 0.5) is 8.78 Å². The normalized spacial score (nSPS) is 21.6. The van der Waals surface area contributed by atoms with Crippen molar-refractivity contribution in [2.45, 2.75) is 39.2 Å². The third-order valence-electron chi connectivity index (χ3n) is 6.35. The highest BCUT2D eigenvalue weighted by Gasteiger charge is 2.46. The molecule has 1 N–H and O–H groups in total. The summed E-state index contributed by atoms with van der Waals surface area (Å²) < 4.78 is 38.6. The molecular weight excluding hydrogens is 440 g/mol. The molecule has 0 amide bonds. The predicted molar refractivity (Wildman–Crippen MR) is 123 cm³/mol. The summed E-state index contributed by atoms with van der Waals surface area (Å²) in [5.41, 5.74) is 2.24. The van der Waals surface area contributed by atoms with Gasteiger partial charge in [-0.05, 0) is 47.2 Å². The maximum atomic E-state index is 14.2. The lowest BCUT2D eigenvalue weighted by atomic mass is 9.66. The number of hydrogen-bond donors (Lipinski definition) is 1. The van der Waals surface area contributed by atoms with E-state index in [0.29, 0.717) is 34.7 Å². The van der Waals surface area contributed by atoms with Crippen molar-refractivity contribution in [3.63, 3.8) is 0 Å². The summed E-state index contributed by atoms with van der Waals surface area (Å²) in [5.74, 6) is -3.91. The van der Waals surface area contributed by atoms with Crippen molar-refractivity contribution < 1.29 is 27.8 Å². The van der Waals surface area contributed by atoms with E-state index in [2.05, 4.69) is 11.9 Å². The highest BCUT2D eigenvalue weighted by atomic mass is 19.2. The molecular formula is C27H27F2NO4. The molecule has 0 saturated carbocycles. The van der Waals surface area contributed by atoms with Gasteiger partial charge in [-0.2, -0.15) is 0 Å². The van der Waals surface area contributed by atoms with Crippen molar-refractivity contribution in [1.29, 1.82) is 0 Å². The molecule has 2 atom stereocenters. The number of allylic oxidation sites excluding steroid dienone is 2. The number of ketones is 1. The van der Waals surface area contributed by atoms with Gasteiger partial charge >= 0.3 is 5.97 Å². The molecule has 0 fully saturated rings. The van der Waals surface area contributed by atoms with Crippen LogP contribution in [0.1, 0.15) is 43.7 Å². The fourth-order valence-corrected chi connectivity index (χ4v) is 4.76. The Labute approximate surface area is 197 Å². The molecule has 2 aliphatic rings. The van der Waals surface area contributed by atoms with E-state index in [4.69, 9.17) is 9.47 Å². The van der Waals surface area contributed by atoms with Gasteiger partial charge < -0.3 is 14.8 Å². The van der Waals surface area contributed by atoms with Crippen LogP contribution < -0.4 is 10.1 Å². The van der Waals surface area contributed by atoms with Crippen LogP contribution in [0.3, 0.4) is 0 Å². The van der Waals surface area contributed by atoms with Gasteiger partial charge in [0.25, 0.3) is 0 Å². The minimum absolute atomic E-state index is 0.00396. The quantitative estimate of drug-likeness (QED) is 0.614. The lowest BCUT2D eigenvalue weighted by Crippen LogP contribution is -2.43. The van der Waals surface area contributed by atoms with Gasteiger partial charge in [0, 0.05) is 29.3 Å². The molecule has 4 rings (SSSR count). The molecule has 5 nitrogen and oxygen atoms in total. The Kier molecular flexibility index (Phi) is 6.30. The molecule has 0 spiro atoms. The second kappa shape index (κ2) is 9.05. The first-order valence-electron chi connectivity index (χ1n) is 11.1. The zero-order valence-electron chi connectivity index (χ0n) is 19.4. The third kappa shape index (κ3) is 4.60. The van der Waals surface area contributed by atoms with Crippen molar-refractivity contribution in [2.24, 2.45) is 11.3 Å². The first kappa shape index (κ1) is 23.7. The van der Waals surface area contributed by atoms with E-state index in [9.17, 15) is 18.4 Å². The largest absolute Gasteiger partial charge is 0.497 e. The van der Waals surface area contributed by atoms with Crippen molar-refractivity contribution in [2.75, 3.05) is 7.11 Å². The first-order valence-corrected chi connectivity index (χ1v) is 11.1. The van der Waals surface area contributed by atoms with Gasteiger partial charge in [0.15, 0.2) is 17.4 Å². The predicted octanol–water partition coefficient (Wildman–Crippen LogP) is 5.18. The average Bonchev–Trinajstić information content (AvgIpc) is 2.78. The summed E-state index contributed by atoms with van der Waals surface area (Å²) in [4.78, 5) is 26.5. The number of esters is 1. The van der Waals surface area contributed by atoms with Gasteiger partial charge in [0.2, 0.25) is 0 Å². The topological polar surface area (TPSA) is 64.6 Å². The molecule has 1 heterocycles. The smallest absolute Gasteiger partial charge is 0.316 e. The van der Waals surface area contributed by atoms with Crippen LogP contribution >= 0.6 is 0 Å². The number of benzene rings is 2. The number of ether oxygens (including phenoxy) is 2. The maximum Gasteiger partial charge on any atom is 0.316 e. The SMILES string of the molecule is C=C1NC2=C(C(=O)CC(C)(C)C2)C(c2ccc(F)c(F)c2)C1C(=O)OCc1ccc(OC)cc1. The van der Waals surface area contributed by atoms with E-state index >= 15 is 0 Å². The van der Waals surface area contributed by atoms with Crippen LogP contribution in [0, 0.1) is 23.0 Å². The molecule has 0 aromatic heterocycles. The second-order valence-electron chi connectivity index (χ2n) is 9.57. The van der Waals surface area contributed by atoms with Crippen LogP contribution in [0.25, 0.3) is 0 Å². The van der Waals surface area contributed by atoms with Gasteiger partial charge in [-0.25, -0.2) is 8.78 Å². The summed E-state index contributed by atoms with van der Waals surface area (Å²) in [5, 5.41) is 3.15. The molecule has 178 valence electrons. The highest BCUT2D eigenvalue weighted by molar-refractivity contribution is 6.00. The Morgan fingerprint density at radius 1 is 1.12 bits per heavy atom. The standard InChI is InChI=1S/C27H27F2NO4/c1-15-23(26(32)34-14-16-5-8-18(33-4)9-6-16)24(17-7-10-19(28)20(29)11-17)25-21(30-15)12-27(2,3)13-22(25)31/h5-11,23-24,30H,1,12-14H2,2-4H3. The maximum absolute atomic E-state index is 14.2. The van der Waals surface area contributed by atoms with Crippen molar-refractivity contribution in [3.8, 4) is 5.75 Å². The Morgan fingerprint density at radius 2 is 1.82 bits per heavy atom. The number of halogens is 2. The minimum atomic E-state index is -1.04. The van der Waals surface area contributed by atoms with Gasteiger partial charge in [-0.15, -0.1) is 0 Å². The number of carbonyl (C=O) groups is 2. The van der Waals surface area contributed by atoms with E-state index in [1.54, 1.807) is 31.4 Å². The molecule has 2 aromatic carbocycles.